The zero-order valence-electron chi connectivity index (χ0n) is 11.1. The van der Waals surface area contributed by atoms with E-state index in [2.05, 4.69) is 4.72 Å². The molecule has 0 atom stereocenters. The number of sulfonamides is 1. The molecular formula is C14H15NO4S. The predicted molar refractivity (Wildman–Crippen MR) is 76.6 cm³/mol. The third kappa shape index (κ3) is 3.03. The molecule has 2 N–H and O–H groups in total. The van der Waals surface area contributed by atoms with Gasteiger partial charge in [0.2, 0.25) is 0 Å². The fourth-order valence-corrected chi connectivity index (χ4v) is 2.90. The van der Waals surface area contributed by atoms with Gasteiger partial charge >= 0.3 is 0 Å². The molecule has 106 valence electrons. The summed E-state index contributed by atoms with van der Waals surface area (Å²) < 4.78 is 31.9. The molecule has 5 nitrogen and oxygen atoms in total. The Morgan fingerprint density at radius 1 is 1.15 bits per heavy atom. The summed E-state index contributed by atoms with van der Waals surface area (Å²) in [5.41, 5.74) is 1.26. The first kappa shape index (κ1) is 14.2. The van der Waals surface area contributed by atoms with E-state index in [9.17, 15) is 13.5 Å². The van der Waals surface area contributed by atoms with Crippen LogP contribution in [0.1, 0.15) is 5.56 Å². The molecule has 0 heterocycles. The van der Waals surface area contributed by atoms with E-state index in [4.69, 9.17) is 4.74 Å². The van der Waals surface area contributed by atoms with Crippen LogP contribution in [0, 0.1) is 6.92 Å². The van der Waals surface area contributed by atoms with Gasteiger partial charge in [-0.05, 0) is 42.8 Å². The van der Waals surface area contributed by atoms with Crippen LogP contribution in [-0.2, 0) is 10.0 Å². The van der Waals surface area contributed by atoms with Crippen molar-refractivity contribution in [3.63, 3.8) is 0 Å². The van der Waals surface area contributed by atoms with E-state index in [-0.39, 0.29) is 10.6 Å². The highest BCUT2D eigenvalue weighted by Gasteiger charge is 2.15. The van der Waals surface area contributed by atoms with Gasteiger partial charge in [-0.3, -0.25) is 4.72 Å². The van der Waals surface area contributed by atoms with Crippen LogP contribution < -0.4 is 9.46 Å². The molecule has 0 aliphatic heterocycles. The number of benzene rings is 2. The number of hydrogen-bond acceptors (Lipinski definition) is 4. The zero-order chi connectivity index (χ0) is 14.8. The topological polar surface area (TPSA) is 75.6 Å². The van der Waals surface area contributed by atoms with Crippen LogP contribution >= 0.6 is 0 Å². The second kappa shape index (κ2) is 5.42. The lowest BCUT2D eigenvalue weighted by Gasteiger charge is -2.10. The monoisotopic (exact) mass is 293 g/mol. The van der Waals surface area contributed by atoms with Crippen molar-refractivity contribution < 1.29 is 18.3 Å². The minimum absolute atomic E-state index is 0.00553. The van der Waals surface area contributed by atoms with Gasteiger partial charge in [0, 0.05) is 11.8 Å². The largest absolute Gasteiger partial charge is 0.508 e. The molecule has 20 heavy (non-hydrogen) atoms. The zero-order valence-corrected chi connectivity index (χ0v) is 11.9. The van der Waals surface area contributed by atoms with Gasteiger partial charge in [-0.1, -0.05) is 6.07 Å². The third-order valence-electron chi connectivity index (χ3n) is 2.77. The maximum Gasteiger partial charge on any atom is 0.262 e. The van der Waals surface area contributed by atoms with E-state index < -0.39 is 10.0 Å². The average molecular weight is 293 g/mol. The Bertz CT molecular complexity index is 726. The highest BCUT2D eigenvalue weighted by Crippen LogP contribution is 2.24. The number of methoxy groups -OCH3 is 1. The summed E-state index contributed by atoms with van der Waals surface area (Å²) in [5, 5.41) is 9.35. The number of anilines is 1. The fourth-order valence-electron chi connectivity index (χ4n) is 1.81. The van der Waals surface area contributed by atoms with E-state index in [1.807, 2.05) is 6.92 Å². The molecule has 6 heteroatoms. The minimum atomic E-state index is -3.72. The van der Waals surface area contributed by atoms with E-state index in [0.717, 1.165) is 5.56 Å². The quantitative estimate of drug-likeness (QED) is 0.908. The number of aryl methyl sites for hydroxylation is 1. The van der Waals surface area contributed by atoms with Crippen LogP contribution in [0.4, 0.5) is 5.69 Å². The van der Waals surface area contributed by atoms with E-state index >= 15 is 0 Å². The number of nitrogens with one attached hydrogen (secondary N) is 1. The smallest absolute Gasteiger partial charge is 0.262 e. The van der Waals surface area contributed by atoms with Crippen molar-refractivity contribution in [2.24, 2.45) is 0 Å². The van der Waals surface area contributed by atoms with Gasteiger partial charge < -0.3 is 9.84 Å². The number of aromatic hydroxyl groups is 1. The van der Waals surface area contributed by atoms with E-state index in [1.165, 1.54) is 24.3 Å². The summed E-state index contributed by atoms with van der Waals surface area (Å²) in [5.74, 6) is 0.587. The van der Waals surface area contributed by atoms with Crippen molar-refractivity contribution in [1.29, 1.82) is 0 Å². The van der Waals surface area contributed by atoms with Crippen LogP contribution in [0.5, 0.6) is 11.5 Å². The molecule has 0 saturated heterocycles. The molecule has 2 aromatic rings. The van der Waals surface area contributed by atoms with Crippen molar-refractivity contribution in [2.75, 3.05) is 11.8 Å². The molecule has 2 aromatic carbocycles. The Balaban J connectivity index is 2.31. The van der Waals surface area contributed by atoms with Gasteiger partial charge in [-0.15, -0.1) is 0 Å². The highest BCUT2D eigenvalue weighted by atomic mass is 32.2. The lowest BCUT2D eigenvalue weighted by atomic mass is 10.2. The normalized spacial score (nSPS) is 11.1. The van der Waals surface area contributed by atoms with Crippen LogP contribution in [0.3, 0.4) is 0 Å². The van der Waals surface area contributed by atoms with Crippen LogP contribution in [0.2, 0.25) is 0 Å². The van der Waals surface area contributed by atoms with Crippen LogP contribution in [0.15, 0.2) is 47.4 Å². The summed E-state index contributed by atoms with van der Waals surface area (Å²) >= 11 is 0. The number of ether oxygens (including phenoxy) is 1. The van der Waals surface area contributed by atoms with Gasteiger partial charge in [-0.2, -0.15) is 0 Å². The first-order chi connectivity index (χ1) is 9.42. The Hall–Kier alpha value is -2.21. The van der Waals surface area contributed by atoms with Crippen molar-refractivity contribution >= 4 is 15.7 Å². The SMILES string of the molecule is COc1ccc(NS(=O)(=O)c2cccc(O)c2)cc1C. The Morgan fingerprint density at radius 3 is 2.50 bits per heavy atom. The number of phenolic OH excluding ortho intramolecular Hbond substituents is 1. The molecule has 0 saturated carbocycles. The van der Waals surface area contributed by atoms with Crippen molar-refractivity contribution in [2.45, 2.75) is 11.8 Å². The lowest BCUT2D eigenvalue weighted by molar-refractivity contribution is 0.412. The van der Waals surface area contributed by atoms with Gasteiger partial charge in [-0.25, -0.2) is 8.42 Å². The Labute approximate surface area is 117 Å². The summed E-state index contributed by atoms with van der Waals surface area (Å²) in [6, 6.07) is 10.5. The third-order valence-corrected chi connectivity index (χ3v) is 4.15. The summed E-state index contributed by atoms with van der Waals surface area (Å²) in [6.45, 7) is 1.82. The molecule has 0 aromatic heterocycles. The average Bonchev–Trinajstić information content (AvgIpc) is 2.38. The van der Waals surface area contributed by atoms with E-state index in [0.29, 0.717) is 11.4 Å². The van der Waals surface area contributed by atoms with Gasteiger partial charge in [0.15, 0.2) is 0 Å². The Morgan fingerprint density at radius 2 is 1.90 bits per heavy atom. The minimum Gasteiger partial charge on any atom is -0.508 e. The molecule has 0 fully saturated rings. The van der Waals surface area contributed by atoms with Crippen molar-refractivity contribution in [3.8, 4) is 11.5 Å². The molecule has 0 aliphatic rings. The first-order valence-electron chi connectivity index (χ1n) is 5.89. The van der Waals surface area contributed by atoms with Crippen molar-refractivity contribution in [1.82, 2.24) is 0 Å². The summed E-state index contributed by atoms with van der Waals surface area (Å²) in [7, 11) is -2.17. The molecular weight excluding hydrogens is 278 g/mol. The predicted octanol–water partition coefficient (Wildman–Crippen LogP) is 2.51. The van der Waals surface area contributed by atoms with Gasteiger partial charge in [0.25, 0.3) is 10.0 Å². The maximum atomic E-state index is 12.2. The fraction of sp³-hybridized carbons (Fsp3) is 0.143. The standard InChI is InChI=1S/C14H15NO4S/c1-10-8-11(6-7-14(10)19-2)15-20(17,18)13-5-3-4-12(16)9-13/h3-9,15-16H,1-2H3. The number of rotatable bonds is 4. The molecule has 0 unspecified atom stereocenters. The van der Waals surface area contributed by atoms with Gasteiger partial charge in [0.05, 0.1) is 12.0 Å². The number of hydrogen-bond donors (Lipinski definition) is 2. The lowest BCUT2D eigenvalue weighted by Crippen LogP contribution is -2.12. The van der Waals surface area contributed by atoms with Crippen LogP contribution in [0.25, 0.3) is 0 Å². The Kier molecular flexibility index (Phi) is 3.85. The molecule has 0 spiro atoms. The molecule has 0 radical (unpaired) electrons. The molecule has 0 amide bonds. The molecule has 2 rings (SSSR count). The molecule has 0 aliphatic carbocycles. The highest BCUT2D eigenvalue weighted by molar-refractivity contribution is 7.92. The number of phenols is 1. The van der Waals surface area contributed by atoms with Crippen molar-refractivity contribution in [3.05, 3.63) is 48.0 Å². The van der Waals surface area contributed by atoms with Gasteiger partial charge in [0.1, 0.15) is 11.5 Å². The first-order valence-corrected chi connectivity index (χ1v) is 7.37. The summed E-state index contributed by atoms with van der Waals surface area (Å²) in [4.78, 5) is 0.00553. The second-order valence-corrected chi connectivity index (χ2v) is 5.97. The molecule has 0 bridgehead atoms. The van der Waals surface area contributed by atoms with E-state index in [1.54, 1.807) is 25.3 Å². The maximum absolute atomic E-state index is 12.2. The second-order valence-electron chi connectivity index (χ2n) is 4.29. The summed E-state index contributed by atoms with van der Waals surface area (Å²) in [6.07, 6.45) is 0. The van der Waals surface area contributed by atoms with Crippen LogP contribution in [-0.4, -0.2) is 20.6 Å².